The highest BCUT2D eigenvalue weighted by atomic mass is 79.9. The second-order valence-corrected chi connectivity index (χ2v) is 6.38. The molecule has 0 aliphatic carbocycles. The maximum atomic E-state index is 13.3. The molecule has 0 saturated heterocycles. The number of carbonyl (C=O) groups is 1. The third-order valence-corrected chi connectivity index (χ3v) is 4.92. The van der Waals surface area contributed by atoms with Gasteiger partial charge in [0.15, 0.2) is 11.5 Å². The molecular weight excluding hydrogens is 372 g/mol. The predicted molar refractivity (Wildman–Crippen MR) is 97.9 cm³/mol. The summed E-state index contributed by atoms with van der Waals surface area (Å²) in [5.74, 6) is 1.39. The molecule has 0 N–H and O–H groups in total. The van der Waals surface area contributed by atoms with Crippen LogP contribution in [0.25, 0.3) is 0 Å². The van der Waals surface area contributed by atoms with E-state index in [9.17, 15) is 4.79 Å². The first-order valence-electron chi connectivity index (χ1n) is 7.47. The fraction of sp³-hybridized carbons (Fsp3) is 0.316. The molecule has 5 heteroatoms. The molecule has 0 saturated carbocycles. The zero-order valence-corrected chi connectivity index (χ0v) is 16.3. The Balaban J connectivity index is 2.79. The van der Waals surface area contributed by atoms with E-state index in [-0.39, 0.29) is 5.78 Å². The Kier molecular flexibility index (Phi) is 5.54. The number of ketones is 1. The number of rotatable bonds is 5. The number of ether oxygens (including phenoxy) is 3. The highest BCUT2D eigenvalue weighted by molar-refractivity contribution is 9.10. The van der Waals surface area contributed by atoms with Gasteiger partial charge in [0.1, 0.15) is 5.75 Å². The standard InChI is InChI=1S/C19H21BrO4/c1-10-9-11(2)18(23-5)19(24-6)15(10)17(21)16-12(3)13(20)7-8-14(16)22-4/h7-9H,1-6H3. The van der Waals surface area contributed by atoms with Gasteiger partial charge in [-0.2, -0.15) is 0 Å². The summed E-state index contributed by atoms with van der Waals surface area (Å²) in [5.41, 5.74) is 3.57. The molecule has 4 nitrogen and oxygen atoms in total. The zero-order valence-electron chi connectivity index (χ0n) is 14.7. The van der Waals surface area contributed by atoms with Crippen LogP contribution >= 0.6 is 15.9 Å². The molecule has 2 aromatic carbocycles. The van der Waals surface area contributed by atoms with Gasteiger partial charge in [0, 0.05) is 4.47 Å². The van der Waals surface area contributed by atoms with Crippen LogP contribution in [-0.2, 0) is 0 Å². The Morgan fingerprint density at radius 1 is 0.875 bits per heavy atom. The second kappa shape index (κ2) is 7.26. The van der Waals surface area contributed by atoms with E-state index in [1.165, 1.54) is 0 Å². The van der Waals surface area contributed by atoms with Crippen molar-refractivity contribution in [2.75, 3.05) is 21.3 Å². The second-order valence-electron chi connectivity index (χ2n) is 5.53. The summed E-state index contributed by atoms with van der Waals surface area (Å²) < 4.78 is 17.2. The Bertz CT molecular complexity index is 797. The predicted octanol–water partition coefficient (Wildman–Crippen LogP) is 4.63. The van der Waals surface area contributed by atoms with Gasteiger partial charge >= 0.3 is 0 Å². The molecule has 0 fully saturated rings. The molecule has 0 heterocycles. The number of methoxy groups -OCH3 is 3. The smallest absolute Gasteiger partial charge is 0.201 e. The van der Waals surface area contributed by atoms with E-state index in [0.717, 1.165) is 21.2 Å². The van der Waals surface area contributed by atoms with Crippen molar-refractivity contribution in [1.29, 1.82) is 0 Å². The minimum absolute atomic E-state index is 0.154. The lowest BCUT2D eigenvalue weighted by Gasteiger charge is -2.19. The van der Waals surface area contributed by atoms with Crippen LogP contribution in [0.15, 0.2) is 22.7 Å². The van der Waals surface area contributed by atoms with E-state index in [0.29, 0.717) is 28.4 Å². The molecule has 0 radical (unpaired) electrons. The fourth-order valence-corrected chi connectivity index (χ4v) is 3.23. The largest absolute Gasteiger partial charge is 0.496 e. The van der Waals surface area contributed by atoms with Gasteiger partial charge in [-0.3, -0.25) is 4.79 Å². The Labute approximate surface area is 150 Å². The minimum Gasteiger partial charge on any atom is -0.496 e. The zero-order chi connectivity index (χ0) is 18.0. The van der Waals surface area contributed by atoms with Crippen molar-refractivity contribution >= 4 is 21.7 Å². The van der Waals surface area contributed by atoms with E-state index in [2.05, 4.69) is 15.9 Å². The van der Waals surface area contributed by atoms with Crippen LogP contribution in [0, 0.1) is 20.8 Å². The van der Waals surface area contributed by atoms with Crippen LogP contribution in [-0.4, -0.2) is 27.1 Å². The number of hydrogen-bond donors (Lipinski definition) is 0. The van der Waals surface area contributed by atoms with Crippen LogP contribution < -0.4 is 14.2 Å². The number of carbonyl (C=O) groups excluding carboxylic acids is 1. The molecule has 0 aromatic heterocycles. The van der Waals surface area contributed by atoms with Crippen molar-refractivity contribution in [2.45, 2.75) is 20.8 Å². The highest BCUT2D eigenvalue weighted by Crippen LogP contribution is 2.40. The van der Waals surface area contributed by atoms with Crippen molar-refractivity contribution in [2.24, 2.45) is 0 Å². The summed E-state index contributed by atoms with van der Waals surface area (Å²) in [6.45, 7) is 5.70. The fourth-order valence-electron chi connectivity index (χ4n) is 2.90. The lowest BCUT2D eigenvalue weighted by atomic mass is 9.92. The quantitative estimate of drug-likeness (QED) is 0.695. The molecule has 0 unspecified atom stereocenters. The third kappa shape index (κ3) is 3.00. The monoisotopic (exact) mass is 392 g/mol. The first kappa shape index (κ1) is 18.3. The van der Waals surface area contributed by atoms with Crippen LogP contribution in [0.4, 0.5) is 0 Å². The number of halogens is 1. The van der Waals surface area contributed by atoms with Gasteiger partial charge in [0.2, 0.25) is 5.78 Å². The van der Waals surface area contributed by atoms with Gasteiger partial charge in [-0.05, 0) is 49.6 Å². The van der Waals surface area contributed by atoms with E-state index in [1.807, 2.05) is 32.9 Å². The first-order chi connectivity index (χ1) is 11.4. The Morgan fingerprint density at radius 2 is 1.50 bits per heavy atom. The summed E-state index contributed by atoms with van der Waals surface area (Å²) in [7, 11) is 4.66. The Morgan fingerprint density at radius 3 is 2.04 bits per heavy atom. The number of aryl methyl sites for hydroxylation is 2. The molecule has 0 aliphatic heterocycles. The van der Waals surface area contributed by atoms with Gasteiger partial charge in [0.05, 0.1) is 32.5 Å². The first-order valence-corrected chi connectivity index (χ1v) is 8.26. The molecule has 2 aromatic rings. The highest BCUT2D eigenvalue weighted by Gasteiger charge is 2.26. The molecule has 0 amide bonds. The van der Waals surface area contributed by atoms with Gasteiger partial charge < -0.3 is 14.2 Å². The molecule has 0 atom stereocenters. The number of benzene rings is 2. The summed E-state index contributed by atoms with van der Waals surface area (Å²) in [5, 5.41) is 0. The van der Waals surface area contributed by atoms with Crippen LogP contribution in [0.1, 0.15) is 32.6 Å². The van der Waals surface area contributed by atoms with Crippen molar-refractivity contribution in [3.05, 3.63) is 50.5 Å². The average Bonchev–Trinajstić information content (AvgIpc) is 2.55. The van der Waals surface area contributed by atoms with Crippen molar-refractivity contribution in [1.82, 2.24) is 0 Å². The normalized spacial score (nSPS) is 10.5. The van der Waals surface area contributed by atoms with E-state index in [4.69, 9.17) is 14.2 Å². The van der Waals surface area contributed by atoms with Crippen molar-refractivity contribution < 1.29 is 19.0 Å². The maximum absolute atomic E-state index is 13.3. The van der Waals surface area contributed by atoms with E-state index < -0.39 is 0 Å². The minimum atomic E-state index is -0.154. The van der Waals surface area contributed by atoms with Crippen LogP contribution in [0.2, 0.25) is 0 Å². The van der Waals surface area contributed by atoms with E-state index >= 15 is 0 Å². The summed E-state index contributed by atoms with van der Waals surface area (Å²) in [4.78, 5) is 13.3. The van der Waals surface area contributed by atoms with Gasteiger partial charge in [-0.25, -0.2) is 0 Å². The summed E-state index contributed by atoms with van der Waals surface area (Å²) >= 11 is 3.48. The molecule has 0 bridgehead atoms. The number of hydrogen-bond acceptors (Lipinski definition) is 4. The van der Waals surface area contributed by atoms with Crippen LogP contribution in [0.3, 0.4) is 0 Å². The van der Waals surface area contributed by atoms with Crippen LogP contribution in [0.5, 0.6) is 17.2 Å². The topological polar surface area (TPSA) is 44.8 Å². The third-order valence-electron chi connectivity index (χ3n) is 4.06. The molecule has 2 rings (SSSR count). The Hall–Kier alpha value is -2.01. The molecule has 128 valence electrons. The van der Waals surface area contributed by atoms with Gasteiger partial charge in [0.25, 0.3) is 0 Å². The van der Waals surface area contributed by atoms with E-state index in [1.54, 1.807) is 27.4 Å². The lowest BCUT2D eigenvalue weighted by Crippen LogP contribution is -2.11. The molecule has 24 heavy (non-hydrogen) atoms. The molecule has 0 aliphatic rings. The van der Waals surface area contributed by atoms with Gasteiger partial charge in [-0.1, -0.05) is 22.0 Å². The van der Waals surface area contributed by atoms with Gasteiger partial charge in [-0.15, -0.1) is 0 Å². The average molecular weight is 393 g/mol. The molecular formula is C19H21BrO4. The lowest BCUT2D eigenvalue weighted by molar-refractivity contribution is 0.103. The summed E-state index contributed by atoms with van der Waals surface area (Å²) in [6.07, 6.45) is 0. The maximum Gasteiger partial charge on any atom is 0.201 e. The molecule has 0 spiro atoms. The van der Waals surface area contributed by atoms with Crippen molar-refractivity contribution in [3.8, 4) is 17.2 Å². The van der Waals surface area contributed by atoms with Crippen molar-refractivity contribution in [3.63, 3.8) is 0 Å². The summed E-state index contributed by atoms with van der Waals surface area (Å²) in [6, 6.07) is 5.57. The SMILES string of the molecule is COc1ccc(Br)c(C)c1C(=O)c1c(C)cc(C)c(OC)c1OC.